The fourth-order valence-corrected chi connectivity index (χ4v) is 2.25. The van der Waals surface area contributed by atoms with Crippen LogP contribution in [0.1, 0.15) is 39.2 Å². The molecule has 0 fully saturated rings. The minimum Gasteiger partial charge on any atom is -0.452 e. The van der Waals surface area contributed by atoms with Gasteiger partial charge in [-0.3, -0.25) is 9.59 Å². The van der Waals surface area contributed by atoms with Crippen LogP contribution in [0.25, 0.3) is 0 Å². The highest BCUT2D eigenvalue weighted by molar-refractivity contribution is 6.30. The predicted octanol–water partition coefficient (Wildman–Crippen LogP) is 3.19. The van der Waals surface area contributed by atoms with Gasteiger partial charge in [0.25, 0.3) is 5.91 Å². The Labute approximate surface area is 144 Å². The molecule has 2 aromatic rings. The summed E-state index contributed by atoms with van der Waals surface area (Å²) in [5, 5.41) is 3.31. The number of carbonyl (C=O) groups excluding carboxylic acids is 3. The van der Waals surface area contributed by atoms with E-state index in [4.69, 9.17) is 16.3 Å². The summed E-state index contributed by atoms with van der Waals surface area (Å²) in [6, 6.07) is 12.8. The molecule has 0 unspecified atom stereocenters. The minimum absolute atomic E-state index is 0.262. The number of benzene rings is 2. The molecule has 0 aromatic heterocycles. The summed E-state index contributed by atoms with van der Waals surface area (Å²) in [6.07, 6.45) is 0.680. The number of nitrogens with one attached hydrogen (secondary N) is 1. The Balaban J connectivity index is 1.85. The first-order chi connectivity index (χ1) is 11.5. The lowest BCUT2D eigenvalue weighted by Gasteiger charge is -2.14. The van der Waals surface area contributed by atoms with Gasteiger partial charge in [0.05, 0.1) is 11.6 Å². The van der Waals surface area contributed by atoms with Crippen molar-refractivity contribution in [2.75, 3.05) is 6.61 Å². The molecule has 0 aliphatic rings. The zero-order chi connectivity index (χ0) is 17.5. The van der Waals surface area contributed by atoms with Crippen molar-refractivity contribution in [1.82, 2.24) is 5.32 Å². The number of halogens is 1. The van der Waals surface area contributed by atoms with Crippen LogP contribution in [0.5, 0.6) is 0 Å². The van der Waals surface area contributed by atoms with Crippen molar-refractivity contribution in [3.8, 4) is 0 Å². The molecule has 1 atom stereocenters. The van der Waals surface area contributed by atoms with Crippen LogP contribution in [-0.2, 0) is 9.53 Å². The molecule has 0 spiro atoms. The highest BCUT2D eigenvalue weighted by Crippen LogP contribution is 2.17. The Bertz CT molecular complexity index is 743. The van der Waals surface area contributed by atoms with Gasteiger partial charge in [-0.15, -0.1) is 0 Å². The van der Waals surface area contributed by atoms with Crippen molar-refractivity contribution in [1.29, 1.82) is 0 Å². The topological polar surface area (TPSA) is 72.5 Å². The van der Waals surface area contributed by atoms with E-state index in [1.54, 1.807) is 18.2 Å². The van der Waals surface area contributed by atoms with Crippen LogP contribution in [0.2, 0.25) is 5.02 Å². The van der Waals surface area contributed by atoms with Gasteiger partial charge in [0.15, 0.2) is 6.61 Å². The molecule has 2 aromatic carbocycles. The third-order valence-electron chi connectivity index (χ3n) is 3.34. The largest absolute Gasteiger partial charge is 0.452 e. The fourth-order valence-electron chi connectivity index (χ4n) is 2.05. The first-order valence-electron chi connectivity index (χ1n) is 7.27. The smallest absolute Gasteiger partial charge is 0.338 e. The number of carbonyl (C=O) groups is 3. The average molecular weight is 346 g/mol. The highest BCUT2D eigenvalue weighted by atomic mass is 35.5. The van der Waals surface area contributed by atoms with Crippen LogP contribution in [0.3, 0.4) is 0 Å². The van der Waals surface area contributed by atoms with Crippen molar-refractivity contribution < 1.29 is 19.1 Å². The van der Waals surface area contributed by atoms with Crippen molar-refractivity contribution >= 4 is 29.8 Å². The average Bonchev–Trinajstić information content (AvgIpc) is 2.59. The standard InChI is InChI=1S/C18H16ClNO4/c1-12(15-3-2-4-16(19)9-15)20-17(22)11-24-18(23)14-7-5-13(10-21)6-8-14/h2-10,12H,11H2,1H3,(H,20,22)/t12-/m0/s1. The molecule has 0 bridgehead atoms. The molecule has 0 heterocycles. The van der Waals surface area contributed by atoms with Crippen molar-refractivity contribution in [2.24, 2.45) is 0 Å². The Morgan fingerprint density at radius 2 is 1.92 bits per heavy atom. The molecule has 0 radical (unpaired) electrons. The van der Waals surface area contributed by atoms with E-state index in [-0.39, 0.29) is 18.2 Å². The molecule has 24 heavy (non-hydrogen) atoms. The second kappa shape index (κ2) is 8.26. The summed E-state index contributed by atoms with van der Waals surface area (Å²) in [6.45, 7) is 1.42. The second-order valence-corrected chi connectivity index (χ2v) is 5.60. The van der Waals surface area contributed by atoms with Gasteiger partial charge in [0.1, 0.15) is 6.29 Å². The fraction of sp³-hybridized carbons (Fsp3) is 0.167. The number of rotatable bonds is 6. The zero-order valence-corrected chi connectivity index (χ0v) is 13.7. The van der Waals surface area contributed by atoms with Gasteiger partial charge in [-0.25, -0.2) is 4.79 Å². The van der Waals surface area contributed by atoms with Gasteiger partial charge in [-0.1, -0.05) is 35.9 Å². The summed E-state index contributed by atoms with van der Waals surface area (Å²) in [5.74, 6) is -1.04. The van der Waals surface area contributed by atoms with Crippen LogP contribution >= 0.6 is 11.6 Å². The summed E-state index contributed by atoms with van der Waals surface area (Å²) < 4.78 is 4.96. The third-order valence-corrected chi connectivity index (χ3v) is 3.58. The summed E-state index contributed by atoms with van der Waals surface area (Å²) in [4.78, 5) is 34.3. The minimum atomic E-state index is -0.627. The summed E-state index contributed by atoms with van der Waals surface area (Å²) in [7, 11) is 0. The molecule has 1 amide bonds. The first-order valence-corrected chi connectivity index (χ1v) is 7.64. The lowest BCUT2D eigenvalue weighted by molar-refractivity contribution is -0.124. The maximum absolute atomic E-state index is 11.9. The quantitative estimate of drug-likeness (QED) is 0.644. The first kappa shape index (κ1) is 17.7. The van der Waals surface area contributed by atoms with Crippen LogP contribution in [-0.4, -0.2) is 24.8 Å². The molecule has 2 rings (SSSR count). The number of esters is 1. The molecule has 0 saturated carbocycles. The zero-order valence-electron chi connectivity index (χ0n) is 13.0. The number of hydrogen-bond donors (Lipinski definition) is 1. The molecule has 124 valence electrons. The number of aldehydes is 1. The lowest BCUT2D eigenvalue weighted by Crippen LogP contribution is -2.31. The van der Waals surface area contributed by atoms with Gasteiger partial charge in [-0.2, -0.15) is 0 Å². The van der Waals surface area contributed by atoms with E-state index in [1.807, 2.05) is 13.0 Å². The molecular formula is C18H16ClNO4. The summed E-state index contributed by atoms with van der Waals surface area (Å²) in [5.41, 5.74) is 1.59. The van der Waals surface area contributed by atoms with E-state index in [2.05, 4.69) is 5.32 Å². The maximum Gasteiger partial charge on any atom is 0.338 e. The predicted molar refractivity (Wildman–Crippen MR) is 90.1 cm³/mol. The third kappa shape index (κ3) is 4.93. The van der Waals surface area contributed by atoms with Gasteiger partial charge in [0, 0.05) is 10.6 Å². The highest BCUT2D eigenvalue weighted by Gasteiger charge is 2.13. The monoisotopic (exact) mass is 345 g/mol. The van der Waals surface area contributed by atoms with Gasteiger partial charge >= 0.3 is 5.97 Å². The number of amides is 1. The Kier molecular flexibility index (Phi) is 6.09. The molecule has 6 heteroatoms. The molecule has 5 nitrogen and oxygen atoms in total. The van der Waals surface area contributed by atoms with E-state index < -0.39 is 11.9 Å². The van der Waals surface area contributed by atoms with Crippen molar-refractivity contribution in [3.05, 3.63) is 70.2 Å². The molecule has 0 aliphatic carbocycles. The second-order valence-electron chi connectivity index (χ2n) is 5.16. The normalized spacial score (nSPS) is 11.4. The molecule has 0 aliphatic heterocycles. The molecular weight excluding hydrogens is 330 g/mol. The van der Waals surface area contributed by atoms with E-state index in [0.717, 1.165) is 5.56 Å². The van der Waals surface area contributed by atoms with E-state index >= 15 is 0 Å². The van der Waals surface area contributed by atoms with Crippen molar-refractivity contribution in [3.63, 3.8) is 0 Å². The van der Waals surface area contributed by atoms with Crippen LogP contribution in [0, 0.1) is 0 Å². The van der Waals surface area contributed by atoms with E-state index in [1.165, 1.54) is 24.3 Å². The lowest BCUT2D eigenvalue weighted by atomic mass is 10.1. The SMILES string of the molecule is C[C@H](NC(=O)COC(=O)c1ccc(C=O)cc1)c1cccc(Cl)c1. The Morgan fingerprint density at radius 1 is 1.21 bits per heavy atom. The maximum atomic E-state index is 11.9. The number of ether oxygens (including phenoxy) is 1. The van der Waals surface area contributed by atoms with Crippen LogP contribution < -0.4 is 5.32 Å². The number of hydrogen-bond acceptors (Lipinski definition) is 4. The van der Waals surface area contributed by atoms with E-state index in [9.17, 15) is 14.4 Å². The molecule has 0 saturated heterocycles. The van der Waals surface area contributed by atoms with Gasteiger partial charge in [0.2, 0.25) is 0 Å². The Hall–Kier alpha value is -2.66. The van der Waals surface area contributed by atoms with Crippen LogP contribution in [0.4, 0.5) is 0 Å². The van der Waals surface area contributed by atoms with Crippen LogP contribution in [0.15, 0.2) is 48.5 Å². The Morgan fingerprint density at radius 3 is 2.54 bits per heavy atom. The van der Waals surface area contributed by atoms with Crippen molar-refractivity contribution in [2.45, 2.75) is 13.0 Å². The van der Waals surface area contributed by atoms with E-state index in [0.29, 0.717) is 16.9 Å². The summed E-state index contributed by atoms with van der Waals surface area (Å²) >= 11 is 5.91. The molecule has 1 N–H and O–H groups in total. The van der Waals surface area contributed by atoms with Gasteiger partial charge in [-0.05, 0) is 36.8 Å². The van der Waals surface area contributed by atoms with Gasteiger partial charge < -0.3 is 10.1 Å².